The Morgan fingerprint density at radius 1 is 1.39 bits per heavy atom. The van der Waals surface area contributed by atoms with E-state index in [1.54, 1.807) is 0 Å². The number of nitrogens with zero attached hydrogens (tertiary/aromatic N) is 1. The number of benzene rings is 1. The number of halogens is 2. The molecular weight excluding hydrogens is 248 g/mol. The summed E-state index contributed by atoms with van der Waals surface area (Å²) in [5.74, 6) is -4.13. The quantitative estimate of drug-likeness (QED) is 0.911. The van der Waals surface area contributed by atoms with Crippen LogP contribution in [0.1, 0.15) is 10.5 Å². The monoisotopic (exact) mass is 255 g/mol. The van der Waals surface area contributed by atoms with Crippen LogP contribution in [0.4, 0.5) is 8.78 Å². The zero-order chi connectivity index (χ0) is 13.3. The van der Waals surface area contributed by atoms with E-state index in [-0.39, 0.29) is 0 Å². The third kappa shape index (κ3) is 1.90. The number of hydrogen-bond acceptors (Lipinski definition) is 4. The van der Waals surface area contributed by atoms with E-state index in [1.165, 1.54) is 6.07 Å². The van der Waals surface area contributed by atoms with Crippen LogP contribution in [0.25, 0.3) is 11.5 Å². The molecule has 0 aliphatic heterocycles. The molecule has 18 heavy (non-hydrogen) atoms. The van der Waals surface area contributed by atoms with Crippen LogP contribution in [-0.2, 0) is 0 Å². The number of rotatable bonds is 3. The smallest absolute Gasteiger partial charge is 0.362 e. The first-order valence-corrected chi connectivity index (χ1v) is 4.77. The Morgan fingerprint density at radius 2 is 2.00 bits per heavy atom. The molecule has 0 unspecified atom stereocenters. The SMILES string of the molecule is COc1oc(-c2c(F)cccc2F)nc1C(=O)O. The maximum atomic E-state index is 13.5. The van der Waals surface area contributed by atoms with Gasteiger partial charge < -0.3 is 14.3 Å². The summed E-state index contributed by atoms with van der Waals surface area (Å²) in [6.07, 6.45) is 0. The van der Waals surface area contributed by atoms with Crippen molar-refractivity contribution >= 4 is 5.97 Å². The van der Waals surface area contributed by atoms with E-state index in [2.05, 4.69) is 9.72 Å². The Labute approximate surface area is 99.6 Å². The Morgan fingerprint density at radius 3 is 2.44 bits per heavy atom. The number of carbonyl (C=O) groups is 1. The van der Waals surface area contributed by atoms with Crippen LogP contribution in [-0.4, -0.2) is 23.2 Å². The molecule has 0 aliphatic rings. The number of aromatic carboxylic acids is 1. The van der Waals surface area contributed by atoms with Crippen LogP contribution < -0.4 is 4.74 Å². The van der Waals surface area contributed by atoms with Crippen molar-refractivity contribution < 1.29 is 27.8 Å². The summed E-state index contributed by atoms with van der Waals surface area (Å²) in [7, 11) is 1.16. The van der Waals surface area contributed by atoms with Crippen molar-refractivity contribution in [1.29, 1.82) is 0 Å². The number of carboxylic acids is 1. The number of methoxy groups -OCH3 is 1. The average Bonchev–Trinajstić information content (AvgIpc) is 2.73. The number of aromatic nitrogens is 1. The molecule has 0 fully saturated rings. The second-order valence-electron chi connectivity index (χ2n) is 3.26. The summed E-state index contributed by atoms with van der Waals surface area (Å²) in [4.78, 5) is 14.3. The standard InChI is InChI=1S/C11H7F2NO4/c1-17-11-8(10(15)16)14-9(18-11)7-5(12)3-2-4-6(7)13/h2-4H,1H3,(H,15,16). The van der Waals surface area contributed by atoms with Gasteiger partial charge in [-0.15, -0.1) is 0 Å². The van der Waals surface area contributed by atoms with E-state index in [0.29, 0.717) is 0 Å². The first kappa shape index (κ1) is 12.0. The lowest BCUT2D eigenvalue weighted by Crippen LogP contribution is -1.99. The first-order valence-electron chi connectivity index (χ1n) is 4.77. The minimum atomic E-state index is -1.42. The summed E-state index contributed by atoms with van der Waals surface area (Å²) in [5.41, 5.74) is -1.08. The first-order chi connectivity index (χ1) is 8.54. The Kier molecular flexibility index (Phi) is 2.97. The zero-order valence-corrected chi connectivity index (χ0v) is 9.11. The fourth-order valence-corrected chi connectivity index (χ4v) is 1.39. The van der Waals surface area contributed by atoms with Crippen LogP contribution in [0.15, 0.2) is 22.6 Å². The van der Waals surface area contributed by atoms with Gasteiger partial charge in [-0.2, -0.15) is 4.98 Å². The van der Waals surface area contributed by atoms with E-state index in [1.807, 2.05) is 0 Å². The molecule has 1 N–H and O–H groups in total. The lowest BCUT2D eigenvalue weighted by molar-refractivity contribution is 0.0685. The van der Waals surface area contributed by atoms with Gasteiger partial charge in [0.25, 0.3) is 0 Å². The predicted molar refractivity (Wildman–Crippen MR) is 55.4 cm³/mol. The number of hydrogen-bond donors (Lipinski definition) is 1. The highest BCUT2D eigenvalue weighted by molar-refractivity contribution is 5.88. The summed E-state index contributed by atoms with van der Waals surface area (Å²) >= 11 is 0. The van der Waals surface area contributed by atoms with Crippen molar-refractivity contribution in [3.05, 3.63) is 35.5 Å². The third-order valence-corrected chi connectivity index (χ3v) is 2.16. The molecule has 0 amide bonds. The van der Waals surface area contributed by atoms with Crippen LogP contribution in [0, 0.1) is 11.6 Å². The van der Waals surface area contributed by atoms with Crippen LogP contribution in [0.2, 0.25) is 0 Å². The van der Waals surface area contributed by atoms with E-state index >= 15 is 0 Å². The van der Waals surface area contributed by atoms with Crippen molar-refractivity contribution in [2.45, 2.75) is 0 Å². The molecule has 94 valence electrons. The normalized spacial score (nSPS) is 10.4. The highest BCUT2D eigenvalue weighted by Crippen LogP contribution is 2.30. The maximum Gasteiger partial charge on any atom is 0.362 e. The van der Waals surface area contributed by atoms with E-state index in [0.717, 1.165) is 19.2 Å². The minimum Gasteiger partial charge on any atom is -0.476 e. The number of oxazole rings is 1. The van der Waals surface area contributed by atoms with E-state index < -0.39 is 40.7 Å². The average molecular weight is 255 g/mol. The minimum absolute atomic E-state index is 0.417. The fraction of sp³-hybridized carbons (Fsp3) is 0.0909. The molecule has 1 heterocycles. The lowest BCUT2D eigenvalue weighted by Gasteiger charge is -1.98. The molecule has 0 saturated heterocycles. The van der Waals surface area contributed by atoms with Crippen molar-refractivity contribution in [1.82, 2.24) is 4.98 Å². The molecular formula is C11H7F2NO4. The van der Waals surface area contributed by atoms with Crippen molar-refractivity contribution in [2.75, 3.05) is 7.11 Å². The summed E-state index contributed by atoms with van der Waals surface area (Å²) in [6.45, 7) is 0. The highest BCUT2D eigenvalue weighted by Gasteiger charge is 2.24. The summed E-state index contributed by atoms with van der Waals surface area (Å²) in [6, 6.07) is 3.19. The van der Waals surface area contributed by atoms with Crippen LogP contribution >= 0.6 is 0 Å². The second-order valence-corrected chi connectivity index (χ2v) is 3.26. The number of carboxylic acid groups (broad SMARTS) is 1. The summed E-state index contributed by atoms with van der Waals surface area (Å²) in [5, 5.41) is 8.81. The maximum absolute atomic E-state index is 13.5. The highest BCUT2D eigenvalue weighted by atomic mass is 19.1. The third-order valence-electron chi connectivity index (χ3n) is 2.16. The van der Waals surface area contributed by atoms with Gasteiger partial charge in [-0.1, -0.05) is 6.07 Å². The Balaban J connectivity index is 2.62. The number of ether oxygens (including phenoxy) is 1. The van der Waals surface area contributed by atoms with Gasteiger partial charge in [0.2, 0.25) is 11.6 Å². The zero-order valence-electron chi connectivity index (χ0n) is 9.11. The van der Waals surface area contributed by atoms with Crippen LogP contribution in [0.3, 0.4) is 0 Å². The molecule has 2 rings (SSSR count). The topological polar surface area (TPSA) is 72.6 Å². The molecule has 0 spiro atoms. The van der Waals surface area contributed by atoms with E-state index in [4.69, 9.17) is 9.52 Å². The van der Waals surface area contributed by atoms with Crippen molar-refractivity contribution in [3.8, 4) is 17.4 Å². The van der Waals surface area contributed by atoms with Crippen molar-refractivity contribution in [3.63, 3.8) is 0 Å². The van der Waals surface area contributed by atoms with Gasteiger partial charge in [-0.3, -0.25) is 0 Å². The molecule has 0 bridgehead atoms. The summed E-state index contributed by atoms with van der Waals surface area (Å²) < 4.78 is 36.4. The fourth-order valence-electron chi connectivity index (χ4n) is 1.39. The van der Waals surface area contributed by atoms with Gasteiger partial charge in [0.15, 0.2) is 0 Å². The molecule has 2 aromatic rings. The van der Waals surface area contributed by atoms with Gasteiger partial charge >= 0.3 is 11.9 Å². The van der Waals surface area contributed by atoms with Crippen LogP contribution in [0.5, 0.6) is 5.95 Å². The Hall–Kier alpha value is -2.44. The molecule has 0 aliphatic carbocycles. The van der Waals surface area contributed by atoms with Gasteiger partial charge in [0.05, 0.1) is 7.11 Å². The molecule has 7 heteroatoms. The van der Waals surface area contributed by atoms with Gasteiger partial charge in [-0.25, -0.2) is 13.6 Å². The Bertz CT molecular complexity index is 589. The van der Waals surface area contributed by atoms with Gasteiger partial charge in [0.1, 0.15) is 17.2 Å². The van der Waals surface area contributed by atoms with Crippen molar-refractivity contribution in [2.24, 2.45) is 0 Å². The molecule has 0 atom stereocenters. The molecule has 1 aromatic carbocycles. The lowest BCUT2D eigenvalue weighted by atomic mass is 10.2. The molecule has 0 saturated carbocycles. The molecule has 5 nitrogen and oxygen atoms in total. The van der Waals surface area contributed by atoms with Gasteiger partial charge in [0, 0.05) is 0 Å². The molecule has 1 aromatic heterocycles. The largest absolute Gasteiger partial charge is 0.476 e. The predicted octanol–water partition coefficient (Wildman–Crippen LogP) is 2.33. The van der Waals surface area contributed by atoms with E-state index in [9.17, 15) is 13.6 Å². The van der Waals surface area contributed by atoms with Gasteiger partial charge in [-0.05, 0) is 12.1 Å². The molecule has 0 radical (unpaired) electrons. The second kappa shape index (κ2) is 4.44.